The van der Waals surface area contributed by atoms with E-state index in [1.165, 1.54) is 0 Å². The van der Waals surface area contributed by atoms with Crippen LogP contribution in [0.25, 0.3) is 10.9 Å². The van der Waals surface area contributed by atoms with E-state index < -0.39 is 6.10 Å². The highest BCUT2D eigenvalue weighted by atomic mass is 32.2. The largest absolute Gasteiger partial charge is 0.365 e. The molecule has 4 rings (SSSR count). The third-order valence-electron chi connectivity index (χ3n) is 4.56. The van der Waals surface area contributed by atoms with Crippen molar-refractivity contribution in [2.45, 2.75) is 13.0 Å². The van der Waals surface area contributed by atoms with Crippen LogP contribution >= 0.6 is 11.8 Å². The van der Waals surface area contributed by atoms with Crippen molar-refractivity contribution < 1.29 is 9.53 Å². The van der Waals surface area contributed by atoms with Crippen LogP contribution in [0.1, 0.15) is 5.82 Å². The van der Waals surface area contributed by atoms with Crippen LogP contribution in [0.2, 0.25) is 0 Å². The quantitative estimate of drug-likeness (QED) is 0.795. The molecule has 132 valence electrons. The Morgan fingerprint density at radius 3 is 2.96 bits per heavy atom. The van der Waals surface area contributed by atoms with E-state index in [1.807, 2.05) is 29.7 Å². The van der Waals surface area contributed by atoms with Crippen molar-refractivity contribution in [3.8, 4) is 0 Å². The first-order valence-corrected chi connectivity index (χ1v) is 9.69. The summed E-state index contributed by atoms with van der Waals surface area (Å²) in [6, 6.07) is 1.93. The fourth-order valence-electron chi connectivity index (χ4n) is 3.30. The lowest BCUT2D eigenvalue weighted by atomic mass is 10.2. The molecule has 2 aromatic heterocycles. The molecule has 1 amide bonds. The van der Waals surface area contributed by atoms with E-state index in [1.54, 1.807) is 12.4 Å². The molecule has 0 spiro atoms. The van der Waals surface area contributed by atoms with Gasteiger partial charge in [0.1, 0.15) is 11.6 Å². The Bertz CT molecular complexity index is 781. The first-order valence-electron chi connectivity index (χ1n) is 8.54. The van der Waals surface area contributed by atoms with Gasteiger partial charge in [0, 0.05) is 42.7 Å². The van der Waals surface area contributed by atoms with E-state index in [2.05, 4.69) is 19.9 Å². The average Bonchev–Trinajstić information content (AvgIpc) is 2.67. The molecule has 2 saturated heterocycles. The summed E-state index contributed by atoms with van der Waals surface area (Å²) in [5.41, 5.74) is 0.826. The predicted molar refractivity (Wildman–Crippen MR) is 97.9 cm³/mol. The number of pyridine rings is 1. The molecule has 0 aliphatic carbocycles. The van der Waals surface area contributed by atoms with Crippen molar-refractivity contribution >= 4 is 34.4 Å². The van der Waals surface area contributed by atoms with Gasteiger partial charge in [0.05, 0.1) is 24.9 Å². The monoisotopic (exact) mass is 359 g/mol. The van der Waals surface area contributed by atoms with E-state index in [0.29, 0.717) is 25.5 Å². The van der Waals surface area contributed by atoms with Gasteiger partial charge in [-0.1, -0.05) is 0 Å². The number of thioether (sulfide) groups is 1. The molecule has 0 bridgehead atoms. The van der Waals surface area contributed by atoms with Gasteiger partial charge in [0.2, 0.25) is 0 Å². The summed E-state index contributed by atoms with van der Waals surface area (Å²) in [6.07, 6.45) is 3.07. The summed E-state index contributed by atoms with van der Waals surface area (Å²) < 4.78 is 5.79. The van der Waals surface area contributed by atoms with Gasteiger partial charge < -0.3 is 14.5 Å². The SMILES string of the molecule is Cc1nc(N2CCOC(C(=O)N3CCSCC3)C2)c2ccncc2n1. The number of ether oxygens (including phenoxy) is 1. The summed E-state index contributed by atoms with van der Waals surface area (Å²) >= 11 is 1.90. The van der Waals surface area contributed by atoms with Gasteiger partial charge in [-0.15, -0.1) is 0 Å². The molecule has 2 aliphatic heterocycles. The normalized spacial score (nSPS) is 21.6. The molecule has 0 aromatic carbocycles. The smallest absolute Gasteiger partial charge is 0.253 e. The molecule has 0 radical (unpaired) electrons. The number of morpholine rings is 1. The molecular weight excluding hydrogens is 338 g/mol. The van der Waals surface area contributed by atoms with Gasteiger partial charge in [0.25, 0.3) is 5.91 Å². The number of hydrogen-bond donors (Lipinski definition) is 0. The summed E-state index contributed by atoms with van der Waals surface area (Å²) in [4.78, 5) is 30.1. The van der Waals surface area contributed by atoms with Crippen LogP contribution in [0.4, 0.5) is 5.82 Å². The topological polar surface area (TPSA) is 71.5 Å². The highest BCUT2D eigenvalue weighted by Gasteiger charge is 2.32. The van der Waals surface area contributed by atoms with Crippen molar-refractivity contribution in [3.63, 3.8) is 0 Å². The summed E-state index contributed by atoms with van der Waals surface area (Å²) in [7, 11) is 0. The van der Waals surface area contributed by atoms with Crippen molar-refractivity contribution in [2.24, 2.45) is 0 Å². The number of carbonyl (C=O) groups is 1. The highest BCUT2D eigenvalue weighted by molar-refractivity contribution is 7.99. The van der Waals surface area contributed by atoms with E-state index >= 15 is 0 Å². The molecule has 2 aliphatic rings. The molecule has 2 fully saturated rings. The van der Waals surface area contributed by atoms with Gasteiger partial charge in [-0.25, -0.2) is 9.97 Å². The van der Waals surface area contributed by atoms with Crippen LogP contribution < -0.4 is 4.90 Å². The van der Waals surface area contributed by atoms with E-state index in [9.17, 15) is 4.79 Å². The van der Waals surface area contributed by atoms with E-state index in [4.69, 9.17) is 4.74 Å². The zero-order valence-corrected chi connectivity index (χ0v) is 15.0. The Morgan fingerprint density at radius 2 is 2.12 bits per heavy atom. The Morgan fingerprint density at radius 1 is 1.28 bits per heavy atom. The Labute approximate surface area is 150 Å². The number of aromatic nitrogens is 3. The fraction of sp³-hybridized carbons (Fsp3) is 0.529. The second kappa shape index (κ2) is 7.13. The van der Waals surface area contributed by atoms with Crippen LogP contribution in [-0.4, -0.2) is 76.2 Å². The van der Waals surface area contributed by atoms with Crippen LogP contribution in [-0.2, 0) is 9.53 Å². The lowest BCUT2D eigenvalue weighted by Gasteiger charge is -2.36. The molecule has 7 nitrogen and oxygen atoms in total. The second-order valence-electron chi connectivity index (χ2n) is 6.23. The summed E-state index contributed by atoms with van der Waals surface area (Å²) in [5, 5.41) is 0.961. The van der Waals surface area contributed by atoms with Gasteiger partial charge in [-0.2, -0.15) is 11.8 Å². The zero-order valence-electron chi connectivity index (χ0n) is 14.2. The third-order valence-corrected chi connectivity index (χ3v) is 5.50. The maximum Gasteiger partial charge on any atom is 0.253 e. The highest BCUT2D eigenvalue weighted by Crippen LogP contribution is 2.25. The lowest BCUT2D eigenvalue weighted by Crippen LogP contribution is -2.53. The third kappa shape index (κ3) is 3.41. The first kappa shape index (κ1) is 16.5. The van der Waals surface area contributed by atoms with Gasteiger partial charge in [0.15, 0.2) is 6.10 Å². The average molecular weight is 359 g/mol. The van der Waals surface area contributed by atoms with Gasteiger partial charge >= 0.3 is 0 Å². The number of rotatable bonds is 2. The molecule has 4 heterocycles. The molecule has 8 heteroatoms. The minimum absolute atomic E-state index is 0.0988. The predicted octanol–water partition coefficient (Wildman–Crippen LogP) is 1.11. The molecule has 0 saturated carbocycles. The van der Waals surface area contributed by atoms with Gasteiger partial charge in [-0.05, 0) is 13.0 Å². The molecule has 25 heavy (non-hydrogen) atoms. The number of hydrogen-bond acceptors (Lipinski definition) is 7. The van der Waals surface area contributed by atoms with Crippen molar-refractivity contribution in [1.82, 2.24) is 19.9 Å². The van der Waals surface area contributed by atoms with Crippen LogP contribution in [0.15, 0.2) is 18.5 Å². The molecule has 1 unspecified atom stereocenters. The summed E-state index contributed by atoms with van der Waals surface area (Å²) in [5.74, 6) is 3.68. The van der Waals surface area contributed by atoms with E-state index in [0.717, 1.165) is 41.3 Å². The standard InChI is InChI=1S/C17H21N5O2S/c1-12-19-14-10-18-3-2-13(14)16(20-12)22-4-7-24-15(11-22)17(23)21-5-8-25-9-6-21/h2-3,10,15H,4-9,11H2,1H3. The Hall–Kier alpha value is -1.93. The van der Waals surface area contributed by atoms with Crippen molar-refractivity contribution in [3.05, 3.63) is 24.3 Å². The van der Waals surface area contributed by atoms with Crippen LogP contribution in [0.5, 0.6) is 0 Å². The van der Waals surface area contributed by atoms with Crippen molar-refractivity contribution in [2.75, 3.05) is 49.2 Å². The zero-order chi connectivity index (χ0) is 17.2. The molecule has 0 N–H and O–H groups in total. The number of nitrogens with zero attached hydrogens (tertiary/aromatic N) is 5. The minimum atomic E-state index is -0.427. The van der Waals surface area contributed by atoms with Gasteiger partial charge in [-0.3, -0.25) is 9.78 Å². The van der Waals surface area contributed by atoms with Crippen LogP contribution in [0, 0.1) is 6.92 Å². The van der Waals surface area contributed by atoms with Crippen LogP contribution in [0.3, 0.4) is 0 Å². The number of aryl methyl sites for hydroxylation is 1. The lowest BCUT2D eigenvalue weighted by molar-refractivity contribution is -0.144. The number of amides is 1. The molecular formula is C17H21N5O2S. The fourth-order valence-corrected chi connectivity index (χ4v) is 4.20. The molecule has 1 atom stereocenters. The number of carbonyl (C=O) groups excluding carboxylic acids is 1. The Balaban J connectivity index is 1.58. The minimum Gasteiger partial charge on any atom is -0.365 e. The molecule has 2 aromatic rings. The van der Waals surface area contributed by atoms with E-state index in [-0.39, 0.29) is 5.91 Å². The summed E-state index contributed by atoms with van der Waals surface area (Å²) in [6.45, 7) is 5.26. The Kier molecular flexibility index (Phi) is 4.72. The number of anilines is 1. The number of fused-ring (bicyclic) bond motifs is 1. The maximum atomic E-state index is 12.8. The second-order valence-corrected chi connectivity index (χ2v) is 7.46. The maximum absolute atomic E-state index is 12.8. The first-order chi connectivity index (χ1) is 12.2. The van der Waals surface area contributed by atoms with Crippen molar-refractivity contribution in [1.29, 1.82) is 0 Å².